The van der Waals surface area contributed by atoms with E-state index in [0.29, 0.717) is 42.5 Å². The summed E-state index contributed by atoms with van der Waals surface area (Å²) in [6, 6.07) is 5.12. The second-order valence-electron chi connectivity index (χ2n) is 10.8. The zero-order valence-corrected chi connectivity index (χ0v) is 22.0. The lowest BCUT2D eigenvalue weighted by Crippen LogP contribution is -2.35. The van der Waals surface area contributed by atoms with E-state index < -0.39 is 17.8 Å². The van der Waals surface area contributed by atoms with Crippen LogP contribution >= 0.6 is 0 Å². The number of pyridine rings is 1. The van der Waals surface area contributed by atoms with Crippen molar-refractivity contribution in [3.63, 3.8) is 0 Å². The van der Waals surface area contributed by atoms with Gasteiger partial charge in [-0.25, -0.2) is 14.8 Å². The van der Waals surface area contributed by atoms with Gasteiger partial charge in [0.25, 0.3) is 5.91 Å². The average Bonchev–Trinajstić information content (AvgIpc) is 3.41. The standard InChI is InChI=1S/C26H33N7O5/c1-26(2,3)38-25(36)32(4)21-13-20(30-19-6-5-11-27-24(19)37-17-9-10-17)31-22-18(14-28-33(21)22)23(35)29-15-7-8-16(34)12-15/h5-6,11,13-17,34H,7-10,12H2,1-4H3,(H,29,35)(H,30,31)/t15-,16?/m1/s1. The molecule has 2 atom stereocenters. The highest BCUT2D eigenvalue weighted by molar-refractivity contribution is 6.00. The quantitative estimate of drug-likeness (QED) is 0.424. The maximum Gasteiger partial charge on any atom is 0.415 e. The van der Waals surface area contributed by atoms with Crippen LogP contribution < -0.4 is 20.3 Å². The SMILES string of the molecule is CN(C(=O)OC(C)(C)C)c1cc(Nc2cccnc2OC2CC2)nc2c(C(=O)N[C@@H]3CCC(O)C3)cnn12. The van der Waals surface area contributed by atoms with Crippen LogP contribution in [0.1, 0.15) is 63.2 Å². The van der Waals surface area contributed by atoms with Crippen molar-refractivity contribution in [2.45, 2.75) is 76.7 Å². The van der Waals surface area contributed by atoms with E-state index in [1.54, 1.807) is 46.1 Å². The lowest BCUT2D eigenvalue weighted by Gasteiger charge is -2.25. The summed E-state index contributed by atoms with van der Waals surface area (Å²) in [6.07, 6.45) is 6.03. The van der Waals surface area contributed by atoms with Gasteiger partial charge in [-0.15, -0.1) is 0 Å². The number of nitrogens with one attached hydrogen (secondary N) is 2. The van der Waals surface area contributed by atoms with E-state index in [0.717, 1.165) is 12.8 Å². The van der Waals surface area contributed by atoms with Crippen molar-refractivity contribution in [3.05, 3.63) is 36.2 Å². The lowest BCUT2D eigenvalue weighted by molar-refractivity contribution is 0.0587. The molecule has 0 spiro atoms. The molecule has 2 amide bonds. The number of carbonyl (C=O) groups excluding carboxylic acids is 2. The predicted octanol–water partition coefficient (Wildman–Crippen LogP) is 3.42. The molecule has 0 saturated heterocycles. The van der Waals surface area contributed by atoms with Gasteiger partial charge in [0.05, 0.1) is 12.3 Å². The number of amides is 2. The number of anilines is 3. The van der Waals surface area contributed by atoms with Crippen molar-refractivity contribution >= 4 is 35.0 Å². The fourth-order valence-corrected chi connectivity index (χ4v) is 4.25. The number of fused-ring (bicyclic) bond motifs is 1. The fourth-order valence-electron chi connectivity index (χ4n) is 4.25. The Hall–Kier alpha value is -3.93. The molecule has 12 heteroatoms. The second kappa shape index (κ2) is 10.1. The molecule has 38 heavy (non-hydrogen) atoms. The number of aliphatic hydroxyl groups is 1. The van der Waals surface area contributed by atoms with E-state index in [-0.39, 0.29) is 29.3 Å². The van der Waals surface area contributed by atoms with Crippen LogP contribution in [0.15, 0.2) is 30.6 Å². The Bertz CT molecular complexity index is 1350. The van der Waals surface area contributed by atoms with Crippen LogP contribution in [0.25, 0.3) is 5.65 Å². The first-order chi connectivity index (χ1) is 18.1. The molecule has 0 bridgehead atoms. The fraction of sp³-hybridized carbons (Fsp3) is 0.500. The van der Waals surface area contributed by atoms with Gasteiger partial charge >= 0.3 is 6.09 Å². The Labute approximate surface area is 220 Å². The molecule has 0 radical (unpaired) electrons. The summed E-state index contributed by atoms with van der Waals surface area (Å²) in [5.41, 5.74) is 0.400. The Kier molecular flexibility index (Phi) is 6.82. The average molecular weight is 524 g/mol. The van der Waals surface area contributed by atoms with E-state index >= 15 is 0 Å². The first-order valence-corrected chi connectivity index (χ1v) is 12.8. The number of aliphatic hydroxyl groups excluding tert-OH is 1. The molecule has 2 aliphatic rings. The summed E-state index contributed by atoms with van der Waals surface area (Å²) in [5, 5.41) is 20.4. The van der Waals surface area contributed by atoms with Crippen LogP contribution in [0.2, 0.25) is 0 Å². The van der Waals surface area contributed by atoms with Gasteiger partial charge in [-0.1, -0.05) is 0 Å². The van der Waals surface area contributed by atoms with Crippen molar-refractivity contribution in [2.24, 2.45) is 0 Å². The number of nitrogens with zero attached hydrogens (tertiary/aromatic N) is 5. The Balaban J connectivity index is 1.52. The molecule has 5 rings (SSSR count). The van der Waals surface area contributed by atoms with Crippen molar-refractivity contribution in [3.8, 4) is 5.88 Å². The minimum atomic E-state index is -0.704. The number of aromatic nitrogens is 4. The van der Waals surface area contributed by atoms with Crippen LogP contribution in [0.4, 0.5) is 22.1 Å². The van der Waals surface area contributed by atoms with E-state index in [1.165, 1.54) is 15.6 Å². The van der Waals surface area contributed by atoms with Gasteiger partial charge in [0.1, 0.15) is 34.6 Å². The third kappa shape index (κ3) is 5.80. The summed E-state index contributed by atoms with van der Waals surface area (Å²) in [7, 11) is 1.57. The van der Waals surface area contributed by atoms with Crippen molar-refractivity contribution in [1.29, 1.82) is 0 Å². The van der Waals surface area contributed by atoms with Crippen molar-refractivity contribution < 1.29 is 24.2 Å². The predicted molar refractivity (Wildman–Crippen MR) is 140 cm³/mol. The number of hydrogen-bond donors (Lipinski definition) is 3. The molecule has 3 aromatic rings. The molecule has 3 aromatic heterocycles. The summed E-state index contributed by atoms with van der Waals surface area (Å²) in [6.45, 7) is 5.36. The minimum absolute atomic E-state index is 0.129. The largest absolute Gasteiger partial charge is 0.473 e. The first-order valence-electron chi connectivity index (χ1n) is 12.8. The molecule has 2 aliphatic carbocycles. The molecule has 1 unspecified atom stereocenters. The molecule has 2 fully saturated rings. The molecule has 2 saturated carbocycles. The zero-order chi connectivity index (χ0) is 27.0. The summed E-state index contributed by atoms with van der Waals surface area (Å²) >= 11 is 0. The van der Waals surface area contributed by atoms with Crippen LogP contribution in [-0.4, -0.2) is 67.6 Å². The van der Waals surface area contributed by atoms with Gasteiger partial charge in [-0.05, 0) is 65.0 Å². The maximum absolute atomic E-state index is 13.2. The van der Waals surface area contributed by atoms with Gasteiger partial charge in [-0.3, -0.25) is 9.69 Å². The van der Waals surface area contributed by atoms with Gasteiger partial charge in [0.2, 0.25) is 5.88 Å². The molecular weight excluding hydrogens is 490 g/mol. The number of rotatable bonds is 7. The third-order valence-corrected chi connectivity index (χ3v) is 6.29. The molecule has 0 aliphatic heterocycles. The van der Waals surface area contributed by atoms with Crippen molar-refractivity contribution in [1.82, 2.24) is 24.9 Å². The number of ether oxygens (including phenoxy) is 2. The van der Waals surface area contributed by atoms with Crippen LogP contribution in [0, 0.1) is 0 Å². The normalized spacial score (nSPS) is 19.3. The van der Waals surface area contributed by atoms with Crippen LogP contribution in [0.5, 0.6) is 5.88 Å². The van der Waals surface area contributed by atoms with E-state index in [4.69, 9.17) is 9.47 Å². The number of carbonyl (C=O) groups is 2. The van der Waals surface area contributed by atoms with Gasteiger partial charge < -0.3 is 25.2 Å². The number of hydrogen-bond acceptors (Lipinski definition) is 9. The lowest BCUT2D eigenvalue weighted by atomic mass is 10.2. The van der Waals surface area contributed by atoms with E-state index in [9.17, 15) is 14.7 Å². The third-order valence-electron chi connectivity index (χ3n) is 6.29. The smallest absolute Gasteiger partial charge is 0.415 e. The maximum atomic E-state index is 13.2. The zero-order valence-electron chi connectivity index (χ0n) is 22.0. The second-order valence-corrected chi connectivity index (χ2v) is 10.8. The van der Waals surface area contributed by atoms with Crippen LogP contribution in [0.3, 0.4) is 0 Å². The van der Waals surface area contributed by atoms with Gasteiger partial charge in [0.15, 0.2) is 5.65 Å². The molecule has 3 heterocycles. The van der Waals surface area contributed by atoms with Gasteiger partial charge in [0, 0.05) is 25.4 Å². The summed E-state index contributed by atoms with van der Waals surface area (Å²) in [4.78, 5) is 36.5. The Morgan fingerprint density at radius 1 is 1.21 bits per heavy atom. The molecule has 3 N–H and O–H groups in total. The molecular formula is C26H33N7O5. The molecule has 202 valence electrons. The topological polar surface area (TPSA) is 143 Å². The van der Waals surface area contributed by atoms with Crippen molar-refractivity contribution in [2.75, 3.05) is 17.3 Å². The highest BCUT2D eigenvalue weighted by Gasteiger charge is 2.29. The Morgan fingerprint density at radius 3 is 2.68 bits per heavy atom. The van der Waals surface area contributed by atoms with E-state index in [1.807, 2.05) is 6.07 Å². The molecule has 12 nitrogen and oxygen atoms in total. The highest BCUT2D eigenvalue weighted by Crippen LogP contribution is 2.32. The first kappa shape index (κ1) is 25.7. The highest BCUT2D eigenvalue weighted by atomic mass is 16.6. The van der Waals surface area contributed by atoms with Gasteiger partial charge in [-0.2, -0.15) is 9.61 Å². The monoisotopic (exact) mass is 523 g/mol. The summed E-state index contributed by atoms with van der Waals surface area (Å²) < 4.78 is 12.9. The van der Waals surface area contributed by atoms with E-state index in [2.05, 4.69) is 25.7 Å². The minimum Gasteiger partial charge on any atom is -0.473 e. The summed E-state index contributed by atoms with van der Waals surface area (Å²) in [5.74, 6) is 0.803. The Morgan fingerprint density at radius 2 is 2.00 bits per heavy atom. The molecule has 0 aromatic carbocycles. The van der Waals surface area contributed by atoms with Crippen LogP contribution in [-0.2, 0) is 4.74 Å².